The maximum atomic E-state index is 12.2. The zero-order chi connectivity index (χ0) is 15.6. The molecule has 8 nitrogen and oxygen atoms in total. The first-order chi connectivity index (χ1) is 10.5. The Hall–Kier alpha value is -1.87. The van der Waals surface area contributed by atoms with Crippen molar-refractivity contribution < 1.29 is 34.7 Å². The maximum absolute atomic E-state index is 12.2. The molecular weight excluding hydrogens is 294 g/mol. The predicted octanol–water partition coefficient (Wildman–Crippen LogP) is -1.93. The van der Waals surface area contributed by atoms with Crippen molar-refractivity contribution in [3.8, 4) is 11.5 Å². The summed E-state index contributed by atoms with van der Waals surface area (Å²) in [7, 11) is 0. The molecule has 1 aromatic carbocycles. The Kier molecular flexibility index (Phi) is 2.85. The smallest absolute Gasteiger partial charge is 0.252 e. The molecule has 1 saturated carbocycles. The number of fused-ring (bicyclic) bond motifs is 4. The molecule has 8 heteroatoms. The van der Waals surface area contributed by atoms with Gasteiger partial charge in [-0.05, 0) is 17.7 Å². The van der Waals surface area contributed by atoms with Crippen molar-refractivity contribution in [2.24, 2.45) is 0 Å². The Morgan fingerprint density at radius 3 is 2.32 bits per heavy atom. The lowest BCUT2D eigenvalue weighted by molar-refractivity contribution is -0.155. The van der Waals surface area contributed by atoms with Gasteiger partial charge in [-0.3, -0.25) is 4.79 Å². The van der Waals surface area contributed by atoms with Crippen LogP contribution in [0.2, 0.25) is 0 Å². The van der Waals surface area contributed by atoms with E-state index in [1.165, 1.54) is 6.07 Å². The van der Waals surface area contributed by atoms with Crippen molar-refractivity contribution in [3.63, 3.8) is 0 Å². The molecule has 2 aliphatic heterocycles. The summed E-state index contributed by atoms with van der Waals surface area (Å²) < 4.78 is 10.5. The number of hydrogen-bond donors (Lipinski definition) is 5. The fourth-order valence-electron chi connectivity index (χ4n) is 3.47. The second kappa shape index (κ2) is 4.56. The van der Waals surface area contributed by atoms with E-state index < -0.39 is 42.3 Å². The number of carbonyl (C=O) groups is 1. The minimum Gasteiger partial charge on any atom is -0.454 e. The predicted molar refractivity (Wildman–Crippen MR) is 70.6 cm³/mol. The number of aliphatic hydroxyl groups is 4. The van der Waals surface area contributed by atoms with Gasteiger partial charge in [-0.25, -0.2) is 0 Å². The van der Waals surface area contributed by atoms with E-state index in [0.29, 0.717) is 22.6 Å². The van der Waals surface area contributed by atoms with Gasteiger partial charge in [-0.2, -0.15) is 0 Å². The average molecular weight is 309 g/mol. The molecule has 1 amide bonds. The Morgan fingerprint density at radius 2 is 1.59 bits per heavy atom. The van der Waals surface area contributed by atoms with Crippen LogP contribution < -0.4 is 14.8 Å². The molecule has 0 radical (unpaired) electrons. The summed E-state index contributed by atoms with van der Waals surface area (Å²) in [5.41, 5.74) is 0.746. The molecule has 6 unspecified atom stereocenters. The molecule has 0 saturated heterocycles. The lowest BCUT2D eigenvalue weighted by Crippen LogP contribution is -2.66. The van der Waals surface area contributed by atoms with Crippen LogP contribution >= 0.6 is 0 Å². The third-order valence-electron chi connectivity index (χ3n) is 4.62. The molecule has 4 rings (SSSR count). The summed E-state index contributed by atoms with van der Waals surface area (Å²) in [6, 6.07) is 2.20. The third kappa shape index (κ3) is 1.69. The zero-order valence-electron chi connectivity index (χ0n) is 11.3. The van der Waals surface area contributed by atoms with Crippen LogP contribution in [-0.4, -0.2) is 63.6 Å². The number of nitrogens with one attached hydrogen (secondary N) is 1. The van der Waals surface area contributed by atoms with E-state index >= 15 is 0 Å². The molecule has 0 bridgehead atoms. The second-order valence-electron chi connectivity index (χ2n) is 5.78. The van der Waals surface area contributed by atoms with E-state index in [4.69, 9.17) is 9.47 Å². The fraction of sp³-hybridized carbons (Fsp3) is 0.500. The van der Waals surface area contributed by atoms with E-state index in [0.717, 1.165) is 0 Å². The standard InChI is InChI=1S/C14H15NO7/c16-10-8-4-1-6-7(22-3-21-6)2-5(4)14(20)15-9(8)11(17)13(19)12(10)18/h1-2,8-13,16-19H,3H2,(H,15,20). The van der Waals surface area contributed by atoms with E-state index in [1.807, 2.05) is 0 Å². The fourth-order valence-corrected chi connectivity index (χ4v) is 3.47. The Morgan fingerprint density at radius 1 is 0.955 bits per heavy atom. The first kappa shape index (κ1) is 13.8. The maximum Gasteiger partial charge on any atom is 0.252 e. The number of rotatable bonds is 0. The summed E-state index contributed by atoms with van der Waals surface area (Å²) >= 11 is 0. The highest BCUT2D eigenvalue weighted by Gasteiger charge is 2.52. The molecule has 2 heterocycles. The molecule has 6 atom stereocenters. The van der Waals surface area contributed by atoms with Crippen molar-refractivity contribution in [3.05, 3.63) is 23.3 Å². The number of aliphatic hydroxyl groups excluding tert-OH is 4. The van der Waals surface area contributed by atoms with E-state index in [2.05, 4.69) is 5.32 Å². The van der Waals surface area contributed by atoms with E-state index in [-0.39, 0.29) is 6.79 Å². The minimum atomic E-state index is -1.54. The lowest BCUT2D eigenvalue weighted by atomic mass is 9.70. The van der Waals surface area contributed by atoms with Crippen LogP contribution in [0.25, 0.3) is 0 Å². The second-order valence-corrected chi connectivity index (χ2v) is 5.78. The topological polar surface area (TPSA) is 128 Å². The first-order valence-electron chi connectivity index (χ1n) is 6.95. The van der Waals surface area contributed by atoms with E-state index in [9.17, 15) is 25.2 Å². The minimum absolute atomic E-state index is 0.0421. The van der Waals surface area contributed by atoms with Gasteiger partial charge >= 0.3 is 0 Å². The number of carbonyl (C=O) groups excluding carboxylic acids is 1. The summed E-state index contributed by atoms with van der Waals surface area (Å²) in [5, 5.41) is 42.7. The number of amides is 1. The normalized spacial score (nSPS) is 39.0. The molecule has 0 aromatic heterocycles. The Bertz CT molecular complexity index is 648. The van der Waals surface area contributed by atoms with Crippen LogP contribution in [0.3, 0.4) is 0 Å². The molecule has 5 N–H and O–H groups in total. The van der Waals surface area contributed by atoms with Crippen molar-refractivity contribution in [2.45, 2.75) is 36.4 Å². The van der Waals surface area contributed by atoms with Gasteiger partial charge < -0.3 is 35.2 Å². The van der Waals surface area contributed by atoms with Crippen LogP contribution in [0.5, 0.6) is 11.5 Å². The van der Waals surface area contributed by atoms with Crippen molar-refractivity contribution in [2.75, 3.05) is 6.79 Å². The van der Waals surface area contributed by atoms with Crippen LogP contribution in [0.4, 0.5) is 0 Å². The Balaban J connectivity index is 1.86. The SMILES string of the molecule is O=C1NC2C(O)C(O)C(O)C(O)C2c2cc3c(cc21)OCO3. The molecule has 1 fully saturated rings. The molecule has 22 heavy (non-hydrogen) atoms. The largest absolute Gasteiger partial charge is 0.454 e. The van der Waals surface area contributed by atoms with Gasteiger partial charge in [0.05, 0.1) is 12.1 Å². The van der Waals surface area contributed by atoms with E-state index in [1.54, 1.807) is 6.07 Å². The first-order valence-corrected chi connectivity index (χ1v) is 6.95. The molecule has 1 aromatic rings. The van der Waals surface area contributed by atoms with Crippen LogP contribution in [-0.2, 0) is 0 Å². The van der Waals surface area contributed by atoms with Crippen LogP contribution in [0.1, 0.15) is 21.8 Å². The van der Waals surface area contributed by atoms with Gasteiger partial charge in [0.1, 0.15) is 18.3 Å². The molecular formula is C14H15NO7. The average Bonchev–Trinajstić information content (AvgIpc) is 2.96. The van der Waals surface area contributed by atoms with Gasteiger partial charge in [0, 0.05) is 11.5 Å². The summed E-state index contributed by atoms with van der Waals surface area (Å²) in [5.74, 6) is -0.326. The van der Waals surface area contributed by atoms with Crippen LogP contribution in [0, 0.1) is 0 Å². The Labute approximate surface area is 124 Å². The van der Waals surface area contributed by atoms with Gasteiger partial charge in [0.2, 0.25) is 6.79 Å². The zero-order valence-corrected chi connectivity index (χ0v) is 11.3. The van der Waals surface area contributed by atoms with Gasteiger partial charge in [0.25, 0.3) is 5.91 Å². The van der Waals surface area contributed by atoms with Gasteiger partial charge in [-0.15, -0.1) is 0 Å². The van der Waals surface area contributed by atoms with Gasteiger partial charge in [-0.1, -0.05) is 0 Å². The monoisotopic (exact) mass is 309 g/mol. The number of hydrogen-bond acceptors (Lipinski definition) is 7. The highest BCUT2D eigenvalue weighted by Crippen LogP contribution is 2.44. The van der Waals surface area contributed by atoms with Crippen molar-refractivity contribution in [1.82, 2.24) is 5.32 Å². The van der Waals surface area contributed by atoms with Gasteiger partial charge in [0.15, 0.2) is 11.5 Å². The number of benzene rings is 1. The highest BCUT2D eigenvalue weighted by atomic mass is 16.7. The van der Waals surface area contributed by atoms with Crippen molar-refractivity contribution in [1.29, 1.82) is 0 Å². The number of ether oxygens (including phenoxy) is 2. The third-order valence-corrected chi connectivity index (χ3v) is 4.62. The quantitative estimate of drug-likeness (QED) is 0.377. The summed E-state index contributed by atoms with van der Waals surface area (Å²) in [4.78, 5) is 12.2. The highest BCUT2D eigenvalue weighted by molar-refractivity contribution is 5.98. The molecule has 0 spiro atoms. The summed E-state index contributed by atoms with van der Waals surface area (Å²) in [6.45, 7) is 0.0421. The molecule has 3 aliphatic rings. The lowest BCUT2D eigenvalue weighted by Gasteiger charge is -2.47. The summed E-state index contributed by atoms with van der Waals surface area (Å²) in [6.07, 6.45) is -5.76. The molecule has 118 valence electrons. The molecule has 1 aliphatic carbocycles. The van der Waals surface area contributed by atoms with Crippen molar-refractivity contribution >= 4 is 5.91 Å². The van der Waals surface area contributed by atoms with Crippen LogP contribution in [0.15, 0.2) is 12.1 Å².